The monoisotopic (exact) mass is 214 g/mol. The summed E-state index contributed by atoms with van der Waals surface area (Å²) in [6.45, 7) is 1.39. The van der Waals surface area contributed by atoms with Crippen molar-refractivity contribution < 1.29 is 4.74 Å². The lowest BCUT2D eigenvalue weighted by atomic mass is 10.3. The summed E-state index contributed by atoms with van der Waals surface area (Å²) in [5, 5.41) is 9.99. The maximum Gasteiger partial charge on any atom is 0.238 e. The third-order valence-corrected chi connectivity index (χ3v) is 2.80. The van der Waals surface area contributed by atoms with Crippen molar-refractivity contribution >= 4 is 12.2 Å². The van der Waals surface area contributed by atoms with Crippen molar-refractivity contribution in [1.82, 2.24) is 20.2 Å². The maximum absolute atomic E-state index is 5.69. The highest BCUT2D eigenvalue weighted by molar-refractivity contribution is 7.71. The first kappa shape index (κ1) is 9.79. The van der Waals surface area contributed by atoms with Crippen molar-refractivity contribution in [2.75, 3.05) is 6.61 Å². The van der Waals surface area contributed by atoms with E-state index < -0.39 is 0 Å². The summed E-state index contributed by atoms with van der Waals surface area (Å²) in [6.07, 6.45) is 5.46. The van der Waals surface area contributed by atoms with Gasteiger partial charge in [-0.2, -0.15) is 5.21 Å². The fourth-order valence-corrected chi connectivity index (χ4v) is 1.90. The zero-order valence-electron chi connectivity index (χ0n) is 7.98. The smallest absolute Gasteiger partial charge is 0.238 e. The first-order valence-electron chi connectivity index (χ1n) is 4.96. The van der Waals surface area contributed by atoms with E-state index in [0.717, 1.165) is 0 Å². The van der Waals surface area contributed by atoms with Crippen LogP contribution in [0.15, 0.2) is 0 Å². The van der Waals surface area contributed by atoms with Crippen LogP contribution in [0.2, 0.25) is 0 Å². The maximum atomic E-state index is 5.69. The van der Waals surface area contributed by atoms with Crippen LogP contribution in [0.4, 0.5) is 0 Å². The van der Waals surface area contributed by atoms with E-state index in [9.17, 15) is 0 Å². The van der Waals surface area contributed by atoms with Crippen LogP contribution in [0.5, 0.6) is 0 Å². The standard InChI is InChI=1S/C8H14N4OS/c14-8-9-10-11-12(8)5-6-13-7-3-1-2-4-7/h7H,1-6H2,(H,9,11,14). The Morgan fingerprint density at radius 3 is 2.93 bits per heavy atom. The van der Waals surface area contributed by atoms with E-state index in [1.54, 1.807) is 4.68 Å². The number of tetrazole rings is 1. The van der Waals surface area contributed by atoms with Crippen LogP contribution in [0.25, 0.3) is 0 Å². The molecule has 2 rings (SSSR count). The average molecular weight is 214 g/mol. The molecule has 0 amide bonds. The molecule has 1 heterocycles. The van der Waals surface area contributed by atoms with Gasteiger partial charge in [0.05, 0.1) is 19.3 Å². The molecule has 1 saturated carbocycles. The minimum atomic E-state index is 0.458. The van der Waals surface area contributed by atoms with Gasteiger partial charge in [0, 0.05) is 0 Å². The van der Waals surface area contributed by atoms with Crippen LogP contribution in [-0.2, 0) is 11.3 Å². The van der Waals surface area contributed by atoms with Gasteiger partial charge in [-0.05, 0) is 25.1 Å². The van der Waals surface area contributed by atoms with Gasteiger partial charge in [-0.15, -0.1) is 0 Å². The lowest BCUT2D eigenvalue weighted by Gasteiger charge is -2.10. The third kappa shape index (κ3) is 2.39. The Labute approximate surface area is 87.4 Å². The summed E-state index contributed by atoms with van der Waals surface area (Å²) in [7, 11) is 0. The molecule has 0 aromatic carbocycles. The van der Waals surface area contributed by atoms with Crippen LogP contribution < -0.4 is 0 Å². The average Bonchev–Trinajstić information content (AvgIpc) is 2.78. The van der Waals surface area contributed by atoms with Gasteiger partial charge in [-0.1, -0.05) is 23.2 Å². The Kier molecular flexibility index (Phi) is 3.26. The van der Waals surface area contributed by atoms with Crippen molar-refractivity contribution in [3.8, 4) is 0 Å². The van der Waals surface area contributed by atoms with E-state index in [1.807, 2.05) is 0 Å². The number of aromatic amines is 1. The van der Waals surface area contributed by atoms with E-state index in [-0.39, 0.29) is 0 Å². The number of hydrogen-bond acceptors (Lipinski definition) is 4. The second kappa shape index (κ2) is 4.65. The number of rotatable bonds is 4. The number of hydrogen-bond donors (Lipinski definition) is 1. The zero-order chi connectivity index (χ0) is 9.80. The first-order valence-corrected chi connectivity index (χ1v) is 5.36. The Morgan fingerprint density at radius 2 is 2.29 bits per heavy atom. The van der Waals surface area contributed by atoms with Gasteiger partial charge in [-0.3, -0.25) is 0 Å². The summed E-state index contributed by atoms with van der Waals surface area (Å²) in [6, 6.07) is 0. The fraction of sp³-hybridized carbons (Fsp3) is 0.875. The molecular weight excluding hydrogens is 200 g/mol. The largest absolute Gasteiger partial charge is 0.376 e. The molecule has 0 unspecified atom stereocenters. The summed E-state index contributed by atoms with van der Waals surface area (Å²) in [4.78, 5) is 0. The first-order chi connectivity index (χ1) is 6.86. The molecule has 0 bridgehead atoms. The lowest BCUT2D eigenvalue weighted by molar-refractivity contribution is 0.0510. The second-order valence-electron chi connectivity index (χ2n) is 3.51. The summed E-state index contributed by atoms with van der Waals surface area (Å²) in [5.41, 5.74) is 0. The van der Waals surface area contributed by atoms with E-state index in [4.69, 9.17) is 17.0 Å². The highest BCUT2D eigenvalue weighted by Gasteiger charge is 2.14. The molecule has 78 valence electrons. The summed E-state index contributed by atoms with van der Waals surface area (Å²) in [5.74, 6) is 0. The van der Waals surface area contributed by atoms with Gasteiger partial charge in [0.15, 0.2) is 0 Å². The van der Waals surface area contributed by atoms with Gasteiger partial charge in [0.1, 0.15) is 0 Å². The van der Waals surface area contributed by atoms with E-state index >= 15 is 0 Å². The van der Waals surface area contributed by atoms with Crippen LogP contribution in [-0.4, -0.2) is 32.9 Å². The highest BCUT2D eigenvalue weighted by Crippen LogP contribution is 2.20. The predicted octanol–water partition coefficient (Wildman–Crippen LogP) is 1.29. The van der Waals surface area contributed by atoms with Gasteiger partial charge >= 0.3 is 0 Å². The van der Waals surface area contributed by atoms with Crippen molar-refractivity contribution in [2.24, 2.45) is 0 Å². The van der Waals surface area contributed by atoms with Crippen molar-refractivity contribution in [3.05, 3.63) is 4.77 Å². The molecule has 6 heteroatoms. The normalized spacial score (nSPS) is 17.7. The zero-order valence-corrected chi connectivity index (χ0v) is 8.79. The van der Waals surface area contributed by atoms with Crippen molar-refractivity contribution in [2.45, 2.75) is 38.3 Å². The molecule has 1 aromatic rings. The van der Waals surface area contributed by atoms with Crippen LogP contribution >= 0.6 is 12.2 Å². The lowest BCUT2D eigenvalue weighted by Crippen LogP contribution is -2.14. The van der Waals surface area contributed by atoms with Gasteiger partial charge in [0.25, 0.3) is 0 Å². The fourth-order valence-electron chi connectivity index (χ4n) is 1.73. The minimum absolute atomic E-state index is 0.458. The molecule has 0 radical (unpaired) electrons. The van der Waals surface area contributed by atoms with Gasteiger partial charge in [-0.25, -0.2) is 4.68 Å². The van der Waals surface area contributed by atoms with E-state index in [0.29, 0.717) is 24.0 Å². The summed E-state index contributed by atoms with van der Waals surface area (Å²) < 4.78 is 7.89. The summed E-state index contributed by atoms with van der Waals surface area (Å²) >= 11 is 4.94. The van der Waals surface area contributed by atoms with Gasteiger partial charge < -0.3 is 4.74 Å². The number of aromatic nitrogens is 4. The Morgan fingerprint density at radius 1 is 1.50 bits per heavy atom. The molecule has 5 nitrogen and oxygen atoms in total. The number of nitrogens with zero attached hydrogens (tertiary/aromatic N) is 3. The molecule has 0 saturated heterocycles. The molecule has 1 fully saturated rings. The van der Waals surface area contributed by atoms with Crippen LogP contribution in [0.1, 0.15) is 25.7 Å². The Bertz CT molecular complexity index is 328. The van der Waals surface area contributed by atoms with Crippen molar-refractivity contribution in [1.29, 1.82) is 0 Å². The minimum Gasteiger partial charge on any atom is -0.376 e. The number of nitrogens with one attached hydrogen (secondary N) is 1. The number of H-pyrrole nitrogens is 1. The Hall–Kier alpha value is -0.750. The SMILES string of the molecule is S=c1nn[nH]n1CCOC1CCCC1. The van der Waals surface area contributed by atoms with Crippen LogP contribution in [0.3, 0.4) is 0 Å². The topological polar surface area (TPSA) is 55.7 Å². The highest BCUT2D eigenvalue weighted by atomic mass is 32.1. The van der Waals surface area contributed by atoms with E-state index in [1.165, 1.54) is 25.7 Å². The molecule has 1 aromatic heterocycles. The molecule has 14 heavy (non-hydrogen) atoms. The Balaban J connectivity index is 1.72. The van der Waals surface area contributed by atoms with E-state index in [2.05, 4.69) is 15.5 Å². The molecular formula is C8H14N4OS. The molecule has 0 atom stereocenters. The van der Waals surface area contributed by atoms with Gasteiger partial charge in [0.2, 0.25) is 4.77 Å². The predicted molar refractivity (Wildman–Crippen MR) is 53.4 cm³/mol. The quantitative estimate of drug-likeness (QED) is 0.767. The molecule has 0 spiro atoms. The molecule has 1 N–H and O–H groups in total. The third-order valence-electron chi connectivity index (χ3n) is 2.50. The molecule has 0 aliphatic heterocycles. The van der Waals surface area contributed by atoms with Crippen LogP contribution in [0, 0.1) is 4.77 Å². The molecule has 1 aliphatic carbocycles. The van der Waals surface area contributed by atoms with Crippen molar-refractivity contribution in [3.63, 3.8) is 0 Å². The second-order valence-corrected chi connectivity index (χ2v) is 3.88. The molecule has 1 aliphatic rings. The number of ether oxygens (including phenoxy) is 1.